The van der Waals surface area contributed by atoms with E-state index >= 15 is 0 Å². The second-order valence-corrected chi connectivity index (χ2v) is 7.01. The molecular weight excluding hydrogens is 314 g/mol. The zero-order valence-electron chi connectivity index (χ0n) is 14.6. The maximum Gasteiger partial charge on any atom is 0.173 e. The summed E-state index contributed by atoms with van der Waals surface area (Å²) in [6.07, 6.45) is 0. The Labute approximate surface area is 150 Å². The fourth-order valence-electron chi connectivity index (χ4n) is 3.10. The molecule has 0 saturated carbocycles. The van der Waals surface area contributed by atoms with Crippen molar-refractivity contribution in [2.45, 2.75) is 26.8 Å². The van der Waals surface area contributed by atoms with Crippen molar-refractivity contribution in [1.29, 1.82) is 0 Å². The van der Waals surface area contributed by atoms with Gasteiger partial charge in [0.25, 0.3) is 0 Å². The Balaban J connectivity index is 1.61. The summed E-state index contributed by atoms with van der Waals surface area (Å²) in [7, 11) is 0. The molecule has 2 aromatic carbocycles. The second kappa shape index (κ2) is 7.22. The quantitative estimate of drug-likeness (QED) is 0.826. The molecule has 1 aliphatic heterocycles. The van der Waals surface area contributed by atoms with Crippen LogP contribution in [0.1, 0.15) is 18.1 Å². The summed E-state index contributed by atoms with van der Waals surface area (Å²) in [5.74, 6) is 0. The fourth-order valence-corrected chi connectivity index (χ4v) is 3.39. The molecule has 1 fully saturated rings. The monoisotopic (exact) mass is 339 g/mol. The summed E-state index contributed by atoms with van der Waals surface area (Å²) < 4.78 is 0. The fraction of sp³-hybridized carbons (Fsp3) is 0.350. The molecule has 1 unspecified atom stereocenters. The molecule has 3 rings (SSSR count). The smallest absolute Gasteiger partial charge is 0.173 e. The predicted octanol–water partition coefficient (Wildman–Crippen LogP) is 4.21. The van der Waals surface area contributed by atoms with Crippen molar-refractivity contribution in [1.82, 2.24) is 4.90 Å². The molecule has 3 nitrogen and oxygen atoms in total. The highest BCUT2D eigenvalue weighted by Gasteiger charge is 2.25. The summed E-state index contributed by atoms with van der Waals surface area (Å²) in [6, 6.07) is 17.6. The van der Waals surface area contributed by atoms with Gasteiger partial charge in [0.15, 0.2) is 5.11 Å². The van der Waals surface area contributed by atoms with E-state index in [9.17, 15) is 0 Å². The Bertz CT molecular complexity index is 694. The lowest BCUT2D eigenvalue weighted by Crippen LogP contribution is -2.54. The molecule has 1 heterocycles. The number of hydrogen-bond acceptors (Lipinski definition) is 2. The number of thiocarbonyl (C=S) groups is 1. The van der Waals surface area contributed by atoms with Crippen molar-refractivity contribution in [2.75, 3.05) is 29.9 Å². The van der Waals surface area contributed by atoms with Crippen LogP contribution in [0.3, 0.4) is 0 Å². The van der Waals surface area contributed by atoms with Crippen LogP contribution in [0.2, 0.25) is 0 Å². The third kappa shape index (κ3) is 3.88. The second-order valence-electron chi connectivity index (χ2n) is 6.62. The van der Waals surface area contributed by atoms with E-state index in [-0.39, 0.29) is 0 Å². The van der Waals surface area contributed by atoms with E-state index in [4.69, 9.17) is 12.2 Å². The number of anilines is 2. The molecule has 1 aliphatic rings. The van der Waals surface area contributed by atoms with Gasteiger partial charge in [-0.2, -0.15) is 0 Å². The topological polar surface area (TPSA) is 18.5 Å². The van der Waals surface area contributed by atoms with Crippen LogP contribution < -0.4 is 10.2 Å². The molecule has 0 radical (unpaired) electrons. The van der Waals surface area contributed by atoms with E-state index in [0.29, 0.717) is 6.04 Å². The first-order valence-electron chi connectivity index (χ1n) is 8.49. The van der Waals surface area contributed by atoms with Gasteiger partial charge >= 0.3 is 0 Å². The zero-order valence-corrected chi connectivity index (χ0v) is 15.4. The van der Waals surface area contributed by atoms with Gasteiger partial charge < -0.3 is 15.1 Å². The lowest BCUT2D eigenvalue weighted by atomic mass is 10.1. The predicted molar refractivity (Wildman–Crippen MR) is 107 cm³/mol. The van der Waals surface area contributed by atoms with Crippen molar-refractivity contribution in [3.63, 3.8) is 0 Å². The molecule has 0 spiro atoms. The first-order chi connectivity index (χ1) is 11.5. The highest BCUT2D eigenvalue weighted by atomic mass is 32.1. The van der Waals surface area contributed by atoms with Gasteiger partial charge in [0.05, 0.1) is 0 Å². The third-order valence-corrected chi connectivity index (χ3v) is 4.94. The Kier molecular flexibility index (Phi) is 5.05. The summed E-state index contributed by atoms with van der Waals surface area (Å²) in [5.41, 5.74) is 4.91. The number of rotatable bonds is 2. The van der Waals surface area contributed by atoms with Crippen LogP contribution in [0.5, 0.6) is 0 Å². The van der Waals surface area contributed by atoms with Gasteiger partial charge in [-0.25, -0.2) is 0 Å². The molecule has 1 atom stereocenters. The first-order valence-corrected chi connectivity index (χ1v) is 8.89. The Morgan fingerprint density at radius 3 is 2.12 bits per heavy atom. The van der Waals surface area contributed by atoms with Crippen molar-refractivity contribution in [2.24, 2.45) is 0 Å². The Morgan fingerprint density at radius 2 is 1.54 bits per heavy atom. The maximum atomic E-state index is 5.61. The maximum absolute atomic E-state index is 5.61. The summed E-state index contributed by atoms with van der Waals surface area (Å²) in [4.78, 5) is 4.73. The Hall–Kier alpha value is -2.07. The zero-order chi connectivity index (χ0) is 17.1. The van der Waals surface area contributed by atoms with E-state index < -0.39 is 0 Å². The third-order valence-electron chi connectivity index (χ3n) is 4.58. The normalized spacial score (nSPS) is 17.7. The minimum absolute atomic E-state index is 0.430. The van der Waals surface area contributed by atoms with Crippen molar-refractivity contribution >= 4 is 28.7 Å². The summed E-state index contributed by atoms with van der Waals surface area (Å²) in [6.45, 7) is 9.34. The van der Waals surface area contributed by atoms with E-state index in [1.807, 2.05) is 0 Å². The molecule has 0 amide bonds. The van der Waals surface area contributed by atoms with Gasteiger partial charge in [-0.3, -0.25) is 0 Å². The van der Waals surface area contributed by atoms with Gasteiger partial charge in [0.2, 0.25) is 0 Å². The standard InChI is InChI=1S/C20H25N3S/c1-15-4-8-18(9-5-15)21-20(24)22-12-13-23(17(3)14-22)19-10-6-16(2)7-11-19/h4-11,17H,12-14H2,1-3H3,(H,21,24). The van der Waals surface area contributed by atoms with Gasteiger partial charge in [0, 0.05) is 37.1 Å². The minimum atomic E-state index is 0.430. The molecule has 2 aromatic rings. The lowest BCUT2D eigenvalue weighted by Gasteiger charge is -2.42. The average molecular weight is 340 g/mol. The molecule has 4 heteroatoms. The average Bonchev–Trinajstić information content (AvgIpc) is 2.58. The van der Waals surface area contributed by atoms with E-state index in [1.165, 1.54) is 16.8 Å². The van der Waals surface area contributed by atoms with Gasteiger partial charge in [-0.15, -0.1) is 0 Å². The molecular formula is C20H25N3S. The highest BCUT2D eigenvalue weighted by Crippen LogP contribution is 2.21. The van der Waals surface area contributed by atoms with E-state index in [2.05, 4.69) is 84.4 Å². The number of hydrogen-bond donors (Lipinski definition) is 1. The molecule has 126 valence electrons. The van der Waals surface area contributed by atoms with E-state index in [1.54, 1.807) is 0 Å². The van der Waals surface area contributed by atoms with Gasteiger partial charge in [0.1, 0.15) is 0 Å². The van der Waals surface area contributed by atoms with Crippen LogP contribution in [0.25, 0.3) is 0 Å². The van der Waals surface area contributed by atoms with E-state index in [0.717, 1.165) is 30.4 Å². The van der Waals surface area contributed by atoms with Crippen LogP contribution in [0, 0.1) is 13.8 Å². The number of nitrogens with zero attached hydrogens (tertiary/aromatic N) is 2. The van der Waals surface area contributed by atoms with Crippen LogP contribution >= 0.6 is 12.2 Å². The lowest BCUT2D eigenvalue weighted by molar-refractivity contribution is 0.342. The summed E-state index contributed by atoms with van der Waals surface area (Å²) in [5, 5.41) is 4.17. The highest BCUT2D eigenvalue weighted by molar-refractivity contribution is 7.80. The van der Waals surface area contributed by atoms with Crippen molar-refractivity contribution in [3.8, 4) is 0 Å². The molecule has 0 aromatic heterocycles. The van der Waals surface area contributed by atoms with Crippen LogP contribution in [-0.2, 0) is 0 Å². The van der Waals surface area contributed by atoms with Crippen LogP contribution in [0.15, 0.2) is 48.5 Å². The minimum Gasteiger partial charge on any atom is -0.365 e. The summed E-state index contributed by atoms with van der Waals surface area (Å²) >= 11 is 5.61. The van der Waals surface area contributed by atoms with Gasteiger partial charge in [-0.1, -0.05) is 35.4 Å². The SMILES string of the molecule is Cc1ccc(NC(=S)N2CCN(c3ccc(C)cc3)C(C)C2)cc1. The number of aryl methyl sites for hydroxylation is 2. The van der Waals surface area contributed by atoms with Crippen molar-refractivity contribution < 1.29 is 0 Å². The molecule has 1 N–H and O–H groups in total. The molecule has 0 bridgehead atoms. The number of benzene rings is 2. The number of piperazine rings is 1. The Morgan fingerprint density at radius 1 is 0.958 bits per heavy atom. The molecule has 24 heavy (non-hydrogen) atoms. The van der Waals surface area contributed by atoms with Crippen molar-refractivity contribution in [3.05, 3.63) is 59.7 Å². The first kappa shape index (κ1) is 16.8. The van der Waals surface area contributed by atoms with Crippen LogP contribution in [0.4, 0.5) is 11.4 Å². The number of nitrogens with one attached hydrogen (secondary N) is 1. The van der Waals surface area contributed by atoms with Crippen LogP contribution in [-0.4, -0.2) is 35.7 Å². The van der Waals surface area contributed by atoms with Gasteiger partial charge in [-0.05, 0) is 57.3 Å². The molecule has 0 aliphatic carbocycles. The largest absolute Gasteiger partial charge is 0.365 e. The molecule has 1 saturated heterocycles.